The van der Waals surface area contributed by atoms with Crippen molar-refractivity contribution in [3.8, 4) is 5.75 Å². The summed E-state index contributed by atoms with van der Waals surface area (Å²) in [5.74, 6) is 1.03. The number of benzene rings is 2. The maximum absolute atomic E-state index is 12.8. The van der Waals surface area contributed by atoms with Crippen molar-refractivity contribution in [2.45, 2.75) is 18.8 Å². The molecule has 9 heteroatoms. The molecule has 1 aromatic heterocycles. The second kappa shape index (κ2) is 8.68. The molecule has 0 spiro atoms. The molecule has 1 aliphatic rings. The van der Waals surface area contributed by atoms with Crippen LogP contribution in [-0.2, 0) is 14.5 Å². The second-order valence-electron chi connectivity index (χ2n) is 7.83. The lowest BCUT2D eigenvalue weighted by molar-refractivity contribution is 0.0856. The number of rotatable bonds is 5. The molecule has 4 rings (SSSR count). The molecule has 1 fully saturated rings. The van der Waals surface area contributed by atoms with Crippen molar-refractivity contribution in [2.75, 3.05) is 38.2 Å². The monoisotopic (exact) mass is 442 g/mol. The molecule has 0 aliphatic carbocycles. The van der Waals surface area contributed by atoms with E-state index in [1.54, 1.807) is 43.9 Å². The number of aromatic amines is 1. The number of hydrogen-bond donors (Lipinski definition) is 2. The third-order valence-corrected chi connectivity index (χ3v) is 5.83. The average molecular weight is 443 g/mol. The summed E-state index contributed by atoms with van der Waals surface area (Å²) in [6.45, 7) is 1.46. The first kappa shape index (κ1) is 21.3. The zero-order valence-corrected chi connectivity index (χ0v) is 18.6. The summed E-state index contributed by atoms with van der Waals surface area (Å²) < 4.78 is 27.1. The Kier molecular flexibility index (Phi) is 5.97. The zero-order chi connectivity index (χ0) is 22.0. The lowest BCUT2D eigenvalue weighted by Gasteiger charge is -2.22. The van der Waals surface area contributed by atoms with Gasteiger partial charge in [-0.25, -0.2) is 9.19 Å². The molecule has 3 aromatic rings. The van der Waals surface area contributed by atoms with E-state index in [4.69, 9.17) is 9.47 Å². The Morgan fingerprint density at radius 1 is 1.26 bits per heavy atom. The summed E-state index contributed by atoms with van der Waals surface area (Å²) in [4.78, 5) is 20.7. The minimum Gasteiger partial charge on any atom is -0.494 e. The molecular weight excluding hydrogens is 416 g/mol. The van der Waals surface area contributed by atoms with Gasteiger partial charge in [0, 0.05) is 41.0 Å². The molecule has 8 nitrogen and oxygen atoms in total. The lowest BCUT2D eigenvalue weighted by atomic mass is 9.90. The van der Waals surface area contributed by atoms with Crippen LogP contribution in [0.5, 0.6) is 5.75 Å². The van der Waals surface area contributed by atoms with Crippen molar-refractivity contribution in [3.05, 3.63) is 47.5 Å². The molecule has 2 aromatic carbocycles. The highest BCUT2D eigenvalue weighted by Gasteiger charge is 2.22. The molecule has 2 heterocycles. The third kappa shape index (κ3) is 4.88. The van der Waals surface area contributed by atoms with Gasteiger partial charge in [-0.1, -0.05) is 12.1 Å². The van der Waals surface area contributed by atoms with E-state index < -0.39 is 9.73 Å². The van der Waals surface area contributed by atoms with E-state index in [9.17, 15) is 9.00 Å². The van der Waals surface area contributed by atoms with E-state index in [1.807, 2.05) is 12.1 Å². The number of amides is 1. The molecule has 0 atom stereocenters. The minimum absolute atomic E-state index is 0.332. The van der Waals surface area contributed by atoms with Gasteiger partial charge in [0.1, 0.15) is 11.3 Å². The number of imidazole rings is 1. The Morgan fingerprint density at radius 2 is 2.03 bits per heavy atom. The number of nitrogens with zero attached hydrogens (tertiary/aromatic N) is 2. The van der Waals surface area contributed by atoms with Gasteiger partial charge in [0.2, 0.25) is 5.95 Å². The van der Waals surface area contributed by atoms with Crippen molar-refractivity contribution in [1.82, 2.24) is 9.97 Å². The van der Waals surface area contributed by atoms with E-state index in [0.29, 0.717) is 28.9 Å². The average Bonchev–Trinajstić information content (AvgIpc) is 3.16. The van der Waals surface area contributed by atoms with Crippen LogP contribution in [0, 0.1) is 0 Å². The SMILES string of the molecule is COc1ccc(C2CCOCC2)c2nc(NC(=O)c3cccc(N=S(C)(C)=O)c3)[nH]c12. The third-order valence-electron chi connectivity index (χ3n) is 5.18. The first-order valence-corrected chi connectivity index (χ1v) is 12.4. The molecule has 31 heavy (non-hydrogen) atoms. The fourth-order valence-corrected chi connectivity index (χ4v) is 4.41. The highest BCUT2D eigenvalue weighted by Crippen LogP contribution is 2.36. The highest BCUT2D eigenvalue weighted by molar-refractivity contribution is 7.92. The van der Waals surface area contributed by atoms with Gasteiger partial charge in [-0.3, -0.25) is 10.1 Å². The van der Waals surface area contributed by atoms with Gasteiger partial charge < -0.3 is 14.5 Å². The van der Waals surface area contributed by atoms with Gasteiger partial charge in [-0.05, 0) is 48.6 Å². The van der Waals surface area contributed by atoms with Crippen LogP contribution in [0.3, 0.4) is 0 Å². The Bertz CT molecular complexity index is 1230. The maximum atomic E-state index is 12.8. The normalized spacial score (nSPS) is 15.1. The van der Waals surface area contributed by atoms with Crippen LogP contribution in [0.2, 0.25) is 0 Å². The van der Waals surface area contributed by atoms with Crippen molar-refractivity contribution in [3.63, 3.8) is 0 Å². The quantitative estimate of drug-likeness (QED) is 0.619. The van der Waals surface area contributed by atoms with Crippen molar-refractivity contribution >= 4 is 38.3 Å². The predicted molar refractivity (Wildman–Crippen MR) is 122 cm³/mol. The van der Waals surface area contributed by atoms with Gasteiger partial charge >= 0.3 is 0 Å². The standard InChI is InChI=1S/C22H26N4O4S/c1-29-18-8-7-17(14-9-11-30-12-10-14)19-20(18)24-22(23-19)25-21(27)15-5-4-6-16(13-15)26-31(2,3)28/h4-8,13-14H,9-12H2,1-3H3,(H2,23,24,25,27). The van der Waals surface area contributed by atoms with Gasteiger partial charge in [-0.15, -0.1) is 0 Å². The van der Waals surface area contributed by atoms with Gasteiger partial charge in [0.25, 0.3) is 5.91 Å². The first-order valence-electron chi connectivity index (χ1n) is 10.1. The topological polar surface area (TPSA) is 106 Å². The largest absolute Gasteiger partial charge is 0.494 e. The lowest BCUT2D eigenvalue weighted by Crippen LogP contribution is -2.14. The fourth-order valence-electron chi connectivity index (χ4n) is 3.79. The van der Waals surface area contributed by atoms with E-state index in [-0.39, 0.29) is 5.91 Å². The minimum atomic E-state index is -2.32. The molecule has 0 unspecified atom stereocenters. The van der Waals surface area contributed by atoms with Crippen molar-refractivity contribution in [1.29, 1.82) is 0 Å². The van der Waals surface area contributed by atoms with Crippen LogP contribution in [0.4, 0.5) is 11.6 Å². The maximum Gasteiger partial charge on any atom is 0.258 e. The Balaban J connectivity index is 1.65. The van der Waals surface area contributed by atoms with Gasteiger partial charge in [0.05, 0.1) is 18.3 Å². The smallest absolute Gasteiger partial charge is 0.258 e. The number of anilines is 1. The summed E-state index contributed by atoms with van der Waals surface area (Å²) in [5, 5.41) is 2.82. The summed E-state index contributed by atoms with van der Waals surface area (Å²) in [6.07, 6.45) is 4.98. The molecule has 1 saturated heterocycles. The van der Waals surface area contributed by atoms with E-state index in [2.05, 4.69) is 19.6 Å². The van der Waals surface area contributed by atoms with Gasteiger partial charge in [-0.2, -0.15) is 4.36 Å². The summed E-state index contributed by atoms with van der Waals surface area (Å²) in [5.41, 5.74) is 3.57. The molecule has 0 bridgehead atoms. The van der Waals surface area contributed by atoms with Crippen LogP contribution in [0.1, 0.15) is 34.7 Å². The second-order valence-corrected chi connectivity index (χ2v) is 10.4. The molecular formula is C22H26N4O4S. The van der Waals surface area contributed by atoms with E-state index in [1.165, 1.54) is 0 Å². The number of carbonyl (C=O) groups is 1. The van der Waals surface area contributed by atoms with Crippen molar-refractivity contribution < 1.29 is 18.5 Å². The number of aromatic nitrogens is 2. The van der Waals surface area contributed by atoms with Crippen LogP contribution in [-0.4, -0.2) is 52.9 Å². The summed E-state index contributed by atoms with van der Waals surface area (Å²) >= 11 is 0. The summed E-state index contributed by atoms with van der Waals surface area (Å²) in [7, 11) is -0.710. The number of H-pyrrole nitrogens is 1. The van der Waals surface area contributed by atoms with E-state index in [0.717, 1.165) is 42.7 Å². The molecule has 2 N–H and O–H groups in total. The Labute approximate surface area is 181 Å². The fraction of sp³-hybridized carbons (Fsp3) is 0.364. The van der Waals surface area contributed by atoms with Gasteiger partial charge in [0.15, 0.2) is 0 Å². The number of methoxy groups -OCH3 is 1. The van der Waals surface area contributed by atoms with Crippen molar-refractivity contribution in [2.24, 2.45) is 4.36 Å². The number of ether oxygens (including phenoxy) is 2. The van der Waals surface area contributed by atoms with Crippen LogP contribution < -0.4 is 10.1 Å². The molecule has 1 amide bonds. The molecule has 0 saturated carbocycles. The van der Waals surface area contributed by atoms with Crippen LogP contribution >= 0.6 is 0 Å². The van der Waals surface area contributed by atoms with Crippen LogP contribution in [0.25, 0.3) is 11.0 Å². The Morgan fingerprint density at radius 3 is 2.74 bits per heavy atom. The summed E-state index contributed by atoms with van der Waals surface area (Å²) in [6, 6.07) is 10.7. The number of hydrogen-bond acceptors (Lipinski definition) is 6. The van der Waals surface area contributed by atoms with E-state index >= 15 is 0 Å². The molecule has 1 aliphatic heterocycles. The zero-order valence-electron chi connectivity index (χ0n) is 17.8. The molecule has 164 valence electrons. The van der Waals surface area contributed by atoms with Crippen LogP contribution in [0.15, 0.2) is 40.8 Å². The number of carbonyl (C=O) groups excluding carboxylic acids is 1. The number of fused-ring (bicyclic) bond motifs is 1. The Hall–Kier alpha value is -2.91. The first-order chi connectivity index (χ1) is 14.8. The molecule has 0 radical (unpaired) electrons. The number of nitrogens with one attached hydrogen (secondary N) is 2. The highest BCUT2D eigenvalue weighted by atomic mass is 32.2. The predicted octanol–water partition coefficient (Wildman–Crippen LogP) is 4.08.